The normalized spacial score (nSPS) is 13.2. The number of benzene rings is 1. The lowest BCUT2D eigenvalue weighted by Crippen LogP contribution is -2.18. The summed E-state index contributed by atoms with van der Waals surface area (Å²) in [5.41, 5.74) is 5.75. The average Bonchev–Trinajstić information content (AvgIpc) is 3.02. The molecule has 122 valence electrons. The predicted molar refractivity (Wildman–Crippen MR) is 98.2 cm³/mol. The Morgan fingerprint density at radius 3 is 2.96 bits per heavy atom. The molecule has 1 N–H and O–H groups in total. The number of imidazole rings is 1. The van der Waals surface area contributed by atoms with Gasteiger partial charge in [0, 0.05) is 24.5 Å². The quantitative estimate of drug-likeness (QED) is 0.700. The van der Waals surface area contributed by atoms with E-state index in [-0.39, 0.29) is 5.56 Å². The molecule has 2 aromatic heterocycles. The van der Waals surface area contributed by atoms with Crippen molar-refractivity contribution in [2.24, 2.45) is 0 Å². The first-order chi connectivity index (χ1) is 11.7. The Hall–Kier alpha value is -2.14. The van der Waals surface area contributed by atoms with E-state index >= 15 is 0 Å². The molecule has 0 atom stereocenters. The molecule has 1 aliphatic rings. The van der Waals surface area contributed by atoms with E-state index < -0.39 is 0 Å². The fraction of sp³-hybridized carbons (Fsp3) is 0.263. The van der Waals surface area contributed by atoms with Crippen LogP contribution in [0.1, 0.15) is 23.1 Å². The fourth-order valence-corrected chi connectivity index (χ4v) is 4.13. The second-order valence-corrected chi connectivity index (χ2v) is 6.95. The third-order valence-corrected chi connectivity index (χ3v) is 5.38. The number of pyridine rings is 1. The molecule has 1 aliphatic carbocycles. The SMILES string of the molecule is O=c1[nH]c(Br)c2c(c1CCn1ccnc1)-c1ccccc1CCC2. The third kappa shape index (κ3) is 2.73. The largest absolute Gasteiger partial charge is 0.337 e. The number of aryl methyl sites for hydroxylation is 2. The molecule has 0 aliphatic heterocycles. The molecule has 0 unspecified atom stereocenters. The summed E-state index contributed by atoms with van der Waals surface area (Å²) < 4.78 is 2.84. The van der Waals surface area contributed by atoms with Crippen LogP contribution in [0.15, 0.2) is 52.4 Å². The lowest BCUT2D eigenvalue weighted by atomic mass is 9.92. The number of nitrogens with one attached hydrogen (secondary N) is 1. The van der Waals surface area contributed by atoms with Gasteiger partial charge in [-0.3, -0.25) is 4.79 Å². The highest BCUT2D eigenvalue weighted by molar-refractivity contribution is 9.10. The highest BCUT2D eigenvalue weighted by atomic mass is 79.9. The number of fused-ring (bicyclic) bond motifs is 3. The number of hydrogen-bond acceptors (Lipinski definition) is 2. The maximum absolute atomic E-state index is 12.7. The fourth-order valence-electron chi connectivity index (χ4n) is 3.55. The molecule has 0 radical (unpaired) electrons. The minimum absolute atomic E-state index is 0.00237. The van der Waals surface area contributed by atoms with Gasteiger partial charge < -0.3 is 9.55 Å². The molecule has 0 saturated carbocycles. The van der Waals surface area contributed by atoms with Gasteiger partial charge >= 0.3 is 0 Å². The molecule has 24 heavy (non-hydrogen) atoms. The van der Waals surface area contributed by atoms with Crippen molar-refractivity contribution in [2.75, 3.05) is 0 Å². The van der Waals surface area contributed by atoms with E-state index in [1.165, 1.54) is 16.7 Å². The minimum atomic E-state index is -0.00237. The summed E-state index contributed by atoms with van der Waals surface area (Å²) in [7, 11) is 0. The smallest absolute Gasteiger partial charge is 0.252 e. The first-order valence-corrected chi connectivity index (χ1v) is 9.01. The van der Waals surface area contributed by atoms with E-state index in [4.69, 9.17) is 0 Å². The highest BCUT2D eigenvalue weighted by Crippen LogP contribution is 2.36. The summed E-state index contributed by atoms with van der Waals surface area (Å²) in [5.74, 6) is 0. The molecular formula is C19H18BrN3O. The Kier molecular flexibility index (Phi) is 4.10. The summed E-state index contributed by atoms with van der Waals surface area (Å²) in [6.07, 6.45) is 9.29. The van der Waals surface area contributed by atoms with Crippen LogP contribution in [0.25, 0.3) is 11.1 Å². The number of rotatable bonds is 3. The molecule has 4 nitrogen and oxygen atoms in total. The van der Waals surface area contributed by atoms with E-state index in [2.05, 4.69) is 50.2 Å². The summed E-state index contributed by atoms with van der Waals surface area (Å²) in [5, 5.41) is 0. The van der Waals surface area contributed by atoms with Crippen molar-refractivity contribution in [1.29, 1.82) is 0 Å². The van der Waals surface area contributed by atoms with Crippen molar-refractivity contribution in [3.05, 3.63) is 74.6 Å². The van der Waals surface area contributed by atoms with Crippen LogP contribution in [0.2, 0.25) is 0 Å². The third-order valence-electron chi connectivity index (χ3n) is 4.70. The van der Waals surface area contributed by atoms with Crippen molar-refractivity contribution < 1.29 is 0 Å². The van der Waals surface area contributed by atoms with E-state index in [1.807, 2.05) is 10.8 Å². The molecule has 3 aromatic rings. The van der Waals surface area contributed by atoms with Crippen LogP contribution in [-0.4, -0.2) is 14.5 Å². The van der Waals surface area contributed by atoms with Crippen LogP contribution in [0.4, 0.5) is 0 Å². The van der Waals surface area contributed by atoms with Gasteiger partial charge in [-0.2, -0.15) is 0 Å². The van der Waals surface area contributed by atoms with Gasteiger partial charge in [-0.05, 0) is 63.9 Å². The van der Waals surface area contributed by atoms with E-state index in [9.17, 15) is 4.79 Å². The molecule has 0 fully saturated rings. The first kappa shape index (κ1) is 15.4. The molecule has 5 heteroatoms. The molecular weight excluding hydrogens is 366 g/mol. The second-order valence-electron chi connectivity index (χ2n) is 6.16. The van der Waals surface area contributed by atoms with Crippen LogP contribution in [-0.2, 0) is 25.8 Å². The zero-order valence-electron chi connectivity index (χ0n) is 13.3. The lowest BCUT2D eigenvalue weighted by Gasteiger charge is -2.16. The van der Waals surface area contributed by atoms with Crippen LogP contribution >= 0.6 is 15.9 Å². The van der Waals surface area contributed by atoms with E-state index in [0.29, 0.717) is 6.42 Å². The molecule has 0 spiro atoms. The van der Waals surface area contributed by atoms with E-state index in [0.717, 1.165) is 41.5 Å². The maximum Gasteiger partial charge on any atom is 0.252 e. The standard InChI is InChI=1S/C19H18BrN3O/c20-18-15-7-3-5-13-4-1-2-6-14(13)17(15)16(19(24)22-18)8-10-23-11-9-21-12-23/h1-2,4,6,9,11-12H,3,5,7-8,10H2,(H,22,24). The van der Waals surface area contributed by atoms with Gasteiger partial charge in [0.25, 0.3) is 5.56 Å². The number of hydrogen-bond donors (Lipinski definition) is 1. The Balaban J connectivity index is 1.88. The van der Waals surface area contributed by atoms with Gasteiger partial charge in [-0.25, -0.2) is 4.98 Å². The molecule has 0 bridgehead atoms. The summed E-state index contributed by atoms with van der Waals surface area (Å²) in [4.78, 5) is 19.8. The van der Waals surface area contributed by atoms with Crippen LogP contribution in [0, 0.1) is 0 Å². The van der Waals surface area contributed by atoms with Crippen LogP contribution in [0.5, 0.6) is 0 Å². The molecule has 2 heterocycles. The van der Waals surface area contributed by atoms with Crippen molar-refractivity contribution in [3.8, 4) is 11.1 Å². The van der Waals surface area contributed by atoms with Crippen LogP contribution < -0.4 is 5.56 Å². The number of aromatic amines is 1. The number of H-pyrrole nitrogens is 1. The van der Waals surface area contributed by atoms with Gasteiger partial charge in [0.1, 0.15) is 0 Å². The molecule has 0 amide bonds. The predicted octanol–water partition coefficient (Wildman–Crippen LogP) is 3.73. The molecule has 4 rings (SSSR count). The van der Waals surface area contributed by atoms with E-state index in [1.54, 1.807) is 12.5 Å². The van der Waals surface area contributed by atoms with Gasteiger partial charge in [-0.1, -0.05) is 24.3 Å². The Morgan fingerprint density at radius 2 is 2.12 bits per heavy atom. The van der Waals surface area contributed by atoms with Crippen molar-refractivity contribution in [3.63, 3.8) is 0 Å². The Bertz CT molecular complexity index is 928. The zero-order valence-corrected chi connectivity index (χ0v) is 14.8. The minimum Gasteiger partial charge on any atom is -0.337 e. The first-order valence-electron chi connectivity index (χ1n) is 8.21. The summed E-state index contributed by atoms with van der Waals surface area (Å²) in [6, 6.07) is 8.46. The second kappa shape index (κ2) is 6.40. The lowest BCUT2D eigenvalue weighted by molar-refractivity contribution is 0.690. The number of aromatic nitrogens is 3. The Morgan fingerprint density at radius 1 is 1.25 bits per heavy atom. The highest BCUT2D eigenvalue weighted by Gasteiger charge is 2.22. The van der Waals surface area contributed by atoms with Crippen molar-refractivity contribution in [2.45, 2.75) is 32.2 Å². The van der Waals surface area contributed by atoms with Crippen molar-refractivity contribution in [1.82, 2.24) is 14.5 Å². The molecule has 1 aromatic carbocycles. The number of nitrogens with zero attached hydrogens (tertiary/aromatic N) is 2. The molecule has 0 saturated heterocycles. The zero-order chi connectivity index (χ0) is 16.5. The van der Waals surface area contributed by atoms with Gasteiger partial charge in [0.15, 0.2) is 0 Å². The topological polar surface area (TPSA) is 50.7 Å². The average molecular weight is 384 g/mol. The summed E-state index contributed by atoms with van der Waals surface area (Å²) in [6.45, 7) is 0.749. The number of halogens is 1. The monoisotopic (exact) mass is 383 g/mol. The van der Waals surface area contributed by atoms with Gasteiger partial charge in [0.05, 0.1) is 10.9 Å². The summed E-state index contributed by atoms with van der Waals surface area (Å²) >= 11 is 3.57. The van der Waals surface area contributed by atoms with Crippen molar-refractivity contribution >= 4 is 15.9 Å². The van der Waals surface area contributed by atoms with Gasteiger partial charge in [-0.15, -0.1) is 0 Å². The van der Waals surface area contributed by atoms with Gasteiger partial charge in [0.2, 0.25) is 0 Å². The maximum atomic E-state index is 12.7. The Labute approximate surface area is 148 Å². The van der Waals surface area contributed by atoms with Crippen LogP contribution in [0.3, 0.4) is 0 Å².